The molecule has 0 saturated heterocycles. The molecule has 0 heterocycles. The molecule has 1 aliphatic rings. The van der Waals surface area contributed by atoms with Crippen LogP contribution in [0, 0.1) is 5.92 Å². The molecule has 1 aliphatic carbocycles. The zero-order chi connectivity index (χ0) is 15.9. The molecule has 0 aliphatic heterocycles. The lowest BCUT2D eigenvalue weighted by Crippen LogP contribution is -2.59. The molecule has 6 nitrogen and oxygen atoms in total. The van der Waals surface area contributed by atoms with Crippen molar-refractivity contribution >= 4 is 11.9 Å². The van der Waals surface area contributed by atoms with Gasteiger partial charge in [-0.2, -0.15) is 0 Å². The van der Waals surface area contributed by atoms with Crippen LogP contribution in [0.3, 0.4) is 0 Å². The average molecular weight is 300 g/mol. The van der Waals surface area contributed by atoms with E-state index in [9.17, 15) is 14.7 Å². The first-order chi connectivity index (χ1) is 9.95. The predicted molar refractivity (Wildman–Crippen MR) is 79.8 cm³/mol. The highest BCUT2D eigenvalue weighted by Gasteiger charge is 2.43. The monoisotopic (exact) mass is 300 g/mol. The highest BCUT2D eigenvalue weighted by Crippen LogP contribution is 2.34. The number of aliphatic carboxylic acids is 1. The number of carboxylic acid groups (broad SMARTS) is 1. The predicted octanol–water partition coefficient (Wildman–Crippen LogP) is 1.28. The summed E-state index contributed by atoms with van der Waals surface area (Å²) >= 11 is 0. The second-order valence-corrected chi connectivity index (χ2v) is 5.97. The number of ether oxygens (including phenoxy) is 1. The van der Waals surface area contributed by atoms with E-state index in [-0.39, 0.29) is 5.91 Å². The maximum absolute atomic E-state index is 12.1. The number of nitrogens with one attached hydrogen (secondary N) is 1. The molecule has 0 aromatic rings. The Kier molecular flexibility index (Phi) is 7.11. The van der Waals surface area contributed by atoms with Crippen LogP contribution in [-0.2, 0) is 14.3 Å². The van der Waals surface area contributed by atoms with Crippen LogP contribution in [0.2, 0.25) is 0 Å². The lowest BCUT2D eigenvalue weighted by Gasteiger charge is -2.37. The van der Waals surface area contributed by atoms with Crippen molar-refractivity contribution in [2.24, 2.45) is 11.7 Å². The van der Waals surface area contributed by atoms with Crippen LogP contribution in [0.5, 0.6) is 0 Å². The lowest BCUT2D eigenvalue weighted by atomic mass is 9.75. The molecule has 1 amide bonds. The van der Waals surface area contributed by atoms with E-state index >= 15 is 0 Å². The number of carbonyl (C=O) groups is 2. The van der Waals surface area contributed by atoms with Gasteiger partial charge in [0.1, 0.15) is 5.54 Å². The van der Waals surface area contributed by atoms with Crippen LogP contribution in [0.1, 0.15) is 51.9 Å². The van der Waals surface area contributed by atoms with Gasteiger partial charge < -0.3 is 20.9 Å². The van der Waals surface area contributed by atoms with Gasteiger partial charge in [-0.1, -0.05) is 13.3 Å². The summed E-state index contributed by atoms with van der Waals surface area (Å²) in [6.45, 7) is 2.66. The van der Waals surface area contributed by atoms with E-state index in [1.54, 1.807) is 7.11 Å². The molecule has 1 atom stereocenters. The molecule has 1 saturated carbocycles. The van der Waals surface area contributed by atoms with Gasteiger partial charge in [-0.05, 0) is 44.4 Å². The van der Waals surface area contributed by atoms with E-state index in [0.29, 0.717) is 38.2 Å². The molecule has 0 bridgehead atoms. The smallest absolute Gasteiger partial charge is 0.329 e. The normalized spacial score (nSPS) is 27.1. The standard InChI is InChI=1S/C15H28N2O4/c1-3-11-6-8-15(9-7-11,14(19)20)17-13(18)12(16)5-4-10-21-2/h11-12H,3-10,16H2,1-2H3,(H,17,18)(H,19,20). The summed E-state index contributed by atoms with van der Waals surface area (Å²) in [6, 6.07) is -0.680. The quantitative estimate of drug-likeness (QED) is 0.586. The Labute approximate surface area is 126 Å². The largest absolute Gasteiger partial charge is 0.480 e. The molecule has 21 heavy (non-hydrogen) atoms. The van der Waals surface area contributed by atoms with E-state index in [4.69, 9.17) is 10.5 Å². The lowest BCUT2D eigenvalue weighted by molar-refractivity contribution is -0.150. The molecular weight excluding hydrogens is 272 g/mol. The summed E-state index contributed by atoms with van der Waals surface area (Å²) in [6.07, 6.45) is 4.87. The molecule has 4 N–H and O–H groups in total. The third-order valence-electron chi connectivity index (χ3n) is 4.51. The summed E-state index contributed by atoms with van der Waals surface area (Å²) in [7, 11) is 1.59. The van der Waals surface area contributed by atoms with Crippen LogP contribution in [0.15, 0.2) is 0 Å². The van der Waals surface area contributed by atoms with Crippen molar-refractivity contribution in [2.45, 2.75) is 63.5 Å². The Balaban J connectivity index is 2.58. The Morgan fingerprint density at radius 1 is 1.43 bits per heavy atom. The van der Waals surface area contributed by atoms with E-state index < -0.39 is 17.6 Å². The number of carboxylic acids is 1. The minimum atomic E-state index is -1.14. The van der Waals surface area contributed by atoms with Crippen molar-refractivity contribution < 1.29 is 19.4 Å². The molecular formula is C15H28N2O4. The van der Waals surface area contributed by atoms with Gasteiger partial charge in [0, 0.05) is 13.7 Å². The molecule has 6 heteroatoms. The number of rotatable bonds is 8. The summed E-state index contributed by atoms with van der Waals surface area (Å²) in [5.41, 5.74) is 4.69. The maximum atomic E-state index is 12.1. The fourth-order valence-electron chi connectivity index (χ4n) is 2.88. The van der Waals surface area contributed by atoms with Gasteiger partial charge in [-0.15, -0.1) is 0 Å². The molecule has 122 valence electrons. The third kappa shape index (κ3) is 4.97. The number of hydrogen-bond donors (Lipinski definition) is 3. The van der Waals surface area contributed by atoms with E-state index in [0.717, 1.165) is 19.3 Å². The zero-order valence-corrected chi connectivity index (χ0v) is 13.1. The Hall–Kier alpha value is -1.14. The molecule has 0 radical (unpaired) electrons. The number of amides is 1. The summed E-state index contributed by atoms with van der Waals surface area (Å²) in [5, 5.41) is 12.2. The van der Waals surface area contributed by atoms with Gasteiger partial charge in [0.25, 0.3) is 0 Å². The van der Waals surface area contributed by atoms with Gasteiger partial charge in [0.05, 0.1) is 6.04 Å². The van der Waals surface area contributed by atoms with Crippen LogP contribution in [0.25, 0.3) is 0 Å². The van der Waals surface area contributed by atoms with Gasteiger partial charge in [-0.25, -0.2) is 4.79 Å². The van der Waals surface area contributed by atoms with Crippen LogP contribution < -0.4 is 11.1 Å². The fraction of sp³-hybridized carbons (Fsp3) is 0.867. The number of nitrogens with two attached hydrogens (primary N) is 1. The van der Waals surface area contributed by atoms with Crippen molar-refractivity contribution in [3.05, 3.63) is 0 Å². The SMILES string of the molecule is CCC1CCC(NC(=O)C(N)CCCOC)(C(=O)O)CC1. The van der Waals surface area contributed by atoms with Gasteiger partial charge in [-0.3, -0.25) is 4.79 Å². The molecule has 1 unspecified atom stereocenters. The average Bonchev–Trinajstić information content (AvgIpc) is 2.47. The number of hydrogen-bond acceptors (Lipinski definition) is 4. The maximum Gasteiger partial charge on any atom is 0.329 e. The van der Waals surface area contributed by atoms with Crippen molar-refractivity contribution in [1.82, 2.24) is 5.32 Å². The Morgan fingerprint density at radius 3 is 2.52 bits per heavy atom. The second kappa shape index (κ2) is 8.34. The van der Waals surface area contributed by atoms with Crippen LogP contribution >= 0.6 is 0 Å². The van der Waals surface area contributed by atoms with Crippen molar-refractivity contribution in [2.75, 3.05) is 13.7 Å². The Bertz CT molecular complexity index is 352. The minimum absolute atomic E-state index is 0.372. The first-order valence-electron chi connectivity index (χ1n) is 7.75. The van der Waals surface area contributed by atoms with Crippen LogP contribution in [-0.4, -0.2) is 42.3 Å². The topological polar surface area (TPSA) is 102 Å². The highest BCUT2D eigenvalue weighted by atomic mass is 16.5. The van der Waals surface area contributed by atoms with E-state index in [1.165, 1.54) is 0 Å². The zero-order valence-electron chi connectivity index (χ0n) is 13.1. The van der Waals surface area contributed by atoms with Crippen molar-refractivity contribution in [3.8, 4) is 0 Å². The van der Waals surface area contributed by atoms with Gasteiger partial charge in [0.15, 0.2) is 0 Å². The summed E-state index contributed by atoms with van der Waals surface area (Å²) in [5.74, 6) is -0.761. The Morgan fingerprint density at radius 2 is 2.05 bits per heavy atom. The number of carbonyl (C=O) groups excluding carboxylic acids is 1. The van der Waals surface area contributed by atoms with E-state index in [2.05, 4.69) is 12.2 Å². The molecule has 1 rings (SSSR count). The van der Waals surface area contributed by atoms with Crippen molar-refractivity contribution in [1.29, 1.82) is 0 Å². The van der Waals surface area contributed by atoms with E-state index in [1.807, 2.05) is 0 Å². The third-order valence-corrected chi connectivity index (χ3v) is 4.51. The molecule has 0 spiro atoms. The molecule has 0 aromatic heterocycles. The first kappa shape index (κ1) is 17.9. The van der Waals surface area contributed by atoms with Crippen LogP contribution in [0.4, 0.5) is 0 Å². The fourth-order valence-corrected chi connectivity index (χ4v) is 2.88. The van der Waals surface area contributed by atoms with Gasteiger partial charge >= 0.3 is 5.97 Å². The number of methoxy groups -OCH3 is 1. The highest BCUT2D eigenvalue weighted by molar-refractivity contribution is 5.89. The summed E-state index contributed by atoms with van der Waals surface area (Å²) in [4.78, 5) is 23.7. The second-order valence-electron chi connectivity index (χ2n) is 5.97. The molecule has 1 fully saturated rings. The van der Waals surface area contributed by atoms with Crippen molar-refractivity contribution in [3.63, 3.8) is 0 Å². The first-order valence-corrected chi connectivity index (χ1v) is 7.75. The molecule has 0 aromatic carbocycles. The minimum Gasteiger partial charge on any atom is -0.480 e. The summed E-state index contributed by atoms with van der Waals surface area (Å²) < 4.78 is 4.92. The van der Waals surface area contributed by atoms with Gasteiger partial charge in [0.2, 0.25) is 5.91 Å².